The maximum absolute atomic E-state index is 4.97. The zero-order chi connectivity index (χ0) is 39.7. The number of aryl methyl sites for hydroxylation is 4. The van der Waals surface area contributed by atoms with Crippen molar-refractivity contribution in [2.45, 2.75) is 156 Å². The van der Waals surface area contributed by atoms with E-state index in [-0.39, 0.29) is 0 Å². The van der Waals surface area contributed by atoms with E-state index in [9.17, 15) is 0 Å². The van der Waals surface area contributed by atoms with E-state index in [1.165, 1.54) is 190 Å². The van der Waals surface area contributed by atoms with E-state index >= 15 is 0 Å². The van der Waals surface area contributed by atoms with E-state index in [2.05, 4.69) is 99.2 Å². The minimum Gasteiger partial charge on any atom is -0.172 e. The highest BCUT2D eigenvalue weighted by atomic mass is 32.1. The molecule has 0 saturated heterocycles. The van der Waals surface area contributed by atoms with Gasteiger partial charge in [0.1, 0.15) is 11.0 Å². The molecule has 5 aromatic heterocycles. The number of unbranched alkanes of at least 4 members (excludes halogenated alkanes) is 12. The number of thiophene rings is 4. The van der Waals surface area contributed by atoms with Crippen LogP contribution in [0.5, 0.6) is 0 Å². The molecule has 0 atom stereocenters. The molecule has 0 amide bonds. The largest absolute Gasteiger partial charge is 0.172 e. The fraction of sp³-hybridized carbons (Fsp3) is 0.480. The summed E-state index contributed by atoms with van der Waals surface area (Å²) in [6, 6.07) is 14.3. The van der Waals surface area contributed by atoms with Crippen molar-refractivity contribution in [1.29, 1.82) is 0 Å². The van der Waals surface area contributed by atoms with Crippen LogP contribution in [0.3, 0.4) is 0 Å². The van der Waals surface area contributed by atoms with Crippen LogP contribution in [0, 0.1) is 0 Å². The number of hydrogen-bond donors (Lipinski definition) is 0. The zero-order valence-corrected chi connectivity index (χ0v) is 39.1. The Bertz CT molecular complexity index is 1980. The molecule has 304 valence electrons. The molecule has 0 fully saturated rings. The van der Waals surface area contributed by atoms with E-state index < -0.39 is 0 Å². The van der Waals surface area contributed by atoms with Crippen LogP contribution in [0.4, 0.5) is 0 Å². The van der Waals surface area contributed by atoms with Gasteiger partial charge in [-0.1, -0.05) is 117 Å². The predicted octanol–water partition coefficient (Wildman–Crippen LogP) is 18.1. The highest BCUT2D eigenvalue weighted by Gasteiger charge is 2.19. The Labute approximate surface area is 364 Å². The average molecular weight is 853 g/mol. The minimum absolute atomic E-state index is 1.04. The fourth-order valence-electron chi connectivity index (χ4n) is 7.76. The van der Waals surface area contributed by atoms with Crippen LogP contribution in [0.1, 0.15) is 172 Å². The molecule has 7 heteroatoms. The van der Waals surface area contributed by atoms with Crippen molar-refractivity contribution >= 4 is 92.4 Å². The van der Waals surface area contributed by atoms with Crippen LogP contribution < -0.4 is 0 Å². The van der Waals surface area contributed by atoms with Crippen LogP contribution in [0.2, 0.25) is 0 Å². The number of benzene rings is 1. The van der Waals surface area contributed by atoms with Crippen molar-refractivity contribution in [2.75, 3.05) is 0 Å². The monoisotopic (exact) mass is 852 g/mol. The Morgan fingerprint density at radius 3 is 1.18 bits per heavy atom. The molecule has 0 aliphatic heterocycles. The number of nitrogens with zero attached hydrogens (tertiary/aromatic N) is 2. The third-order valence-electron chi connectivity index (χ3n) is 11.2. The summed E-state index contributed by atoms with van der Waals surface area (Å²) in [6.45, 7) is 9.18. The smallest absolute Gasteiger partial charge is 0.114 e. The molecule has 0 bridgehead atoms. The van der Waals surface area contributed by atoms with Crippen molar-refractivity contribution < 1.29 is 0 Å². The quantitative estimate of drug-likeness (QED) is 0.0508. The maximum Gasteiger partial charge on any atom is 0.114 e. The number of fused-ring (bicyclic) bond motifs is 1. The van der Waals surface area contributed by atoms with Gasteiger partial charge in [0.15, 0.2) is 0 Å². The second-order valence-electron chi connectivity index (χ2n) is 15.7. The second-order valence-corrected chi connectivity index (χ2v) is 20.2. The fourth-order valence-corrected chi connectivity index (χ4v) is 12.3. The second kappa shape index (κ2) is 23.8. The van der Waals surface area contributed by atoms with E-state index in [0.29, 0.717) is 0 Å². The average Bonchev–Trinajstić information content (AvgIpc) is 4.08. The number of rotatable bonds is 26. The van der Waals surface area contributed by atoms with Crippen molar-refractivity contribution in [3.8, 4) is 20.9 Å². The summed E-state index contributed by atoms with van der Waals surface area (Å²) < 4.78 is 9.95. The van der Waals surface area contributed by atoms with Gasteiger partial charge in [-0.15, -0.1) is 45.3 Å². The normalized spacial score (nSPS) is 12.1. The molecule has 1 aromatic carbocycles. The predicted molar refractivity (Wildman–Crippen MR) is 262 cm³/mol. The molecule has 0 radical (unpaired) electrons. The molecule has 6 rings (SSSR count). The lowest BCUT2D eigenvalue weighted by Gasteiger charge is -2.03. The van der Waals surface area contributed by atoms with E-state index in [0.717, 1.165) is 23.9 Å². The van der Waals surface area contributed by atoms with Gasteiger partial charge in [0, 0.05) is 40.4 Å². The first kappa shape index (κ1) is 43.9. The standard InChI is InChI=1S/C50H64N2S5/c1-5-9-13-17-21-37-31-33-53-43(37)27-29-45-39(23-19-15-11-7-3)35-47(55-45)41-25-26-42(50-49(41)51-57-52-50)48-36-40(24-20-16-12-8-4)46(56-48)30-28-44-38(32-34-54-44)22-18-14-10-6-2/h25-36H,5-24H2,1-4H3/b29-27+,30-28+. The molecule has 2 nitrogen and oxygen atoms in total. The molecule has 0 N–H and O–H groups in total. The summed E-state index contributed by atoms with van der Waals surface area (Å²) in [5.74, 6) is 0. The van der Waals surface area contributed by atoms with Crippen molar-refractivity contribution in [1.82, 2.24) is 8.75 Å². The molecule has 0 unspecified atom stereocenters. The third kappa shape index (κ3) is 12.4. The van der Waals surface area contributed by atoms with Gasteiger partial charge < -0.3 is 0 Å². The first-order chi connectivity index (χ1) is 28.1. The summed E-state index contributed by atoms with van der Waals surface area (Å²) in [5, 5.41) is 4.54. The highest BCUT2D eigenvalue weighted by molar-refractivity contribution is 7.17. The lowest BCUT2D eigenvalue weighted by molar-refractivity contribution is 0.667. The van der Waals surface area contributed by atoms with E-state index in [4.69, 9.17) is 8.75 Å². The molecular formula is C50H64N2S5. The van der Waals surface area contributed by atoms with Gasteiger partial charge in [-0.25, -0.2) is 0 Å². The minimum atomic E-state index is 1.04. The van der Waals surface area contributed by atoms with E-state index in [1.54, 1.807) is 0 Å². The Kier molecular flexibility index (Phi) is 18.3. The molecule has 0 saturated carbocycles. The first-order valence-corrected chi connectivity index (χ1v) is 26.3. The Morgan fingerprint density at radius 2 is 0.789 bits per heavy atom. The lowest BCUT2D eigenvalue weighted by atomic mass is 10.0. The first-order valence-electron chi connectivity index (χ1n) is 22.1. The Morgan fingerprint density at radius 1 is 0.421 bits per heavy atom. The third-order valence-corrected chi connectivity index (χ3v) is 15.9. The maximum atomic E-state index is 4.97. The van der Waals surface area contributed by atoms with Gasteiger partial charge in [0.05, 0.1) is 11.7 Å². The van der Waals surface area contributed by atoms with Gasteiger partial charge >= 0.3 is 0 Å². The topological polar surface area (TPSA) is 25.8 Å². The molecule has 6 aromatic rings. The molecule has 0 aliphatic rings. The summed E-state index contributed by atoms with van der Waals surface area (Å²) >= 11 is 8.98. The summed E-state index contributed by atoms with van der Waals surface area (Å²) in [5.41, 5.74) is 10.5. The van der Waals surface area contributed by atoms with Crippen molar-refractivity contribution in [3.63, 3.8) is 0 Å². The molecule has 5 heterocycles. The summed E-state index contributed by atoms with van der Waals surface area (Å²) in [7, 11) is 0. The summed E-state index contributed by atoms with van der Waals surface area (Å²) in [4.78, 5) is 8.24. The van der Waals surface area contributed by atoms with Gasteiger partial charge in [0.2, 0.25) is 0 Å². The molecule has 57 heavy (non-hydrogen) atoms. The Balaban J connectivity index is 1.28. The van der Waals surface area contributed by atoms with Gasteiger partial charge in [0.25, 0.3) is 0 Å². The van der Waals surface area contributed by atoms with Gasteiger partial charge in [-0.3, -0.25) is 0 Å². The molecular weight excluding hydrogens is 789 g/mol. The molecule has 0 aliphatic carbocycles. The van der Waals surface area contributed by atoms with Crippen LogP contribution in [0.15, 0.2) is 47.2 Å². The van der Waals surface area contributed by atoms with Crippen molar-refractivity contribution in [3.05, 3.63) is 88.9 Å². The SMILES string of the molecule is CCCCCCc1ccsc1/C=C/c1sc(-c2ccc(-c3cc(CCCCCC)c(/C=C/c4sccc4CCCCCC)s3)c3nsnc23)cc1CCCCCC. The summed E-state index contributed by atoms with van der Waals surface area (Å²) in [6.07, 6.45) is 34.9. The number of hydrogen-bond acceptors (Lipinski definition) is 7. The van der Waals surface area contributed by atoms with Crippen molar-refractivity contribution in [2.24, 2.45) is 0 Å². The van der Waals surface area contributed by atoms with Crippen LogP contribution in [0.25, 0.3) is 56.2 Å². The van der Waals surface area contributed by atoms with Crippen LogP contribution >= 0.6 is 57.1 Å². The van der Waals surface area contributed by atoms with Crippen LogP contribution in [-0.2, 0) is 25.7 Å². The number of aromatic nitrogens is 2. The lowest BCUT2D eigenvalue weighted by Crippen LogP contribution is -1.87. The zero-order valence-electron chi connectivity index (χ0n) is 35.0. The van der Waals surface area contributed by atoms with Gasteiger partial charge in [-0.05, 0) is 133 Å². The highest BCUT2D eigenvalue weighted by Crippen LogP contribution is 2.43. The molecule has 0 spiro atoms. The van der Waals surface area contributed by atoms with Gasteiger partial charge in [-0.2, -0.15) is 8.75 Å². The van der Waals surface area contributed by atoms with E-state index in [1.807, 2.05) is 45.3 Å². The van der Waals surface area contributed by atoms with Crippen LogP contribution in [-0.4, -0.2) is 8.75 Å². The Hall–Kier alpha value is -2.68.